The molecule has 34 heavy (non-hydrogen) atoms. The SMILES string of the molecule is COc1ccc(-c2nnc(SC(C)C(=O)N(Cc3ccccc3)Cc3ccccc3)n2N)cc1. The molecule has 0 aliphatic carbocycles. The highest BCUT2D eigenvalue weighted by Gasteiger charge is 2.25. The minimum Gasteiger partial charge on any atom is -0.497 e. The molecule has 0 spiro atoms. The van der Waals surface area contributed by atoms with Crippen molar-refractivity contribution in [3.63, 3.8) is 0 Å². The number of rotatable bonds is 9. The summed E-state index contributed by atoms with van der Waals surface area (Å²) in [5, 5.41) is 8.55. The van der Waals surface area contributed by atoms with Crippen molar-refractivity contribution < 1.29 is 9.53 Å². The van der Waals surface area contributed by atoms with Crippen LogP contribution in [0.25, 0.3) is 11.4 Å². The van der Waals surface area contributed by atoms with Gasteiger partial charge in [0.15, 0.2) is 5.82 Å². The summed E-state index contributed by atoms with van der Waals surface area (Å²) in [5.41, 5.74) is 2.97. The lowest BCUT2D eigenvalue weighted by atomic mass is 10.1. The molecule has 3 aromatic carbocycles. The molecule has 1 atom stereocenters. The van der Waals surface area contributed by atoms with E-state index in [2.05, 4.69) is 10.2 Å². The molecule has 4 aromatic rings. The molecule has 1 unspecified atom stereocenters. The number of nitrogen functional groups attached to an aromatic ring is 1. The quantitative estimate of drug-likeness (QED) is 0.287. The lowest BCUT2D eigenvalue weighted by Crippen LogP contribution is -2.36. The van der Waals surface area contributed by atoms with Crippen LogP contribution < -0.4 is 10.6 Å². The molecule has 7 nitrogen and oxygen atoms in total. The number of hydrogen-bond donors (Lipinski definition) is 1. The average Bonchev–Trinajstić information content (AvgIpc) is 3.24. The molecule has 0 saturated heterocycles. The third-order valence-electron chi connectivity index (χ3n) is 5.39. The van der Waals surface area contributed by atoms with Gasteiger partial charge in [0.1, 0.15) is 5.75 Å². The Morgan fingerprint density at radius 1 is 0.941 bits per heavy atom. The van der Waals surface area contributed by atoms with Gasteiger partial charge in [0.2, 0.25) is 11.1 Å². The van der Waals surface area contributed by atoms with E-state index in [1.54, 1.807) is 7.11 Å². The van der Waals surface area contributed by atoms with E-state index >= 15 is 0 Å². The standard InChI is InChI=1S/C26H27N5O2S/c1-19(34-26-29-28-24(31(26)27)22-13-15-23(33-2)16-14-22)25(32)30(17-20-9-5-3-6-10-20)18-21-11-7-4-8-12-21/h3-16,19H,17-18,27H2,1-2H3. The van der Waals surface area contributed by atoms with Crippen molar-refractivity contribution in [2.45, 2.75) is 30.4 Å². The molecule has 0 radical (unpaired) electrons. The Hall–Kier alpha value is -3.78. The highest BCUT2D eigenvalue weighted by molar-refractivity contribution is 8.00. The number of hydrogen-bond acceptors (Lipinski definition) is 6. The van der Waals surface area contributed by atoms with Crippen molar-refractivity contribution in [2.75, 3.05) is 13.0 Å². The van der Waals surface area contributed by atoms with Gasteiger partial charge in [0, 0.05) is 18.7 Å². The molecule has 174 valence electrons. The van der Waals surface area contributed by atoms with Crippen LogP contribution in [-0.4, -0.2) is 38.0 Å². The number of aromatic nitrogens is 3. The van der Waals surface area contributed by atoms with Crippen molar-refractivity contribution in [1.82, 2.24) is 19.8 Å². The Morgan fingerprint density at radius 2 is 1.50 bits per heavy atom. The zero-order valence-corrected chi connectivity index (χ0v) is 20.0. The minimum atomic E-state index is -0.400. The number of ether oxygens (including phenoxy) is 1. The fraction of sp³-hybridized carbons (Fsp3) is 0.192. The molecule has 2 N–H and O–H groups in total. The van der Waals surface area contributed by atoms with E-state index in [0.717, 1.165) is 22.4 Å². The third-order valence-corrected chi connectivity index (χ3v) is 6.43. The average molecular weight is 474 g/mol. The zero-order chi connectivity index (χ0) is 23.9. The first-order valence-corrected chi connectivity index (χ1v) is 11.8. The van der Waals surface area contributed by atoms with Crippen molar-refractivity contribution >= 4 is 17.7 Å². The van der Waals surface area contributed by atoms with Gasteiger partial charge in [-0.1, -0.05) is 72.4 Å². The molecule has 8 heteroatoms. The van der Waals surface area contributed by atoms with Gasteiger partial charge >= 0.3 is 0 Å². The number of carbonyl (C=O) groups is 1. The number of benzene rings is 3. The van der Waals surface area contributed by atoms with Crippen molar-refractivity contribution in [2.24, 2.45) is 0 Å². The third kappa shape index (κ3) is 5.58. The van der Waals surface area contributed by atoms with E-state index in [0.29, 0.717) is 24.1 Å². The summed E-state index contributed by atoms with van der Waals surface area (Å²) in [6, 6.07) is 27.4. The molecule has 0 aliphatic rings. The fourth-order valence-corrected chi connectivity index (χ4v) is 4.43. The Balaban J connectivity index is 1.51. The molecule has 1 aromatic heterocycles. The maximum atomic E-state index is 13.5. The molecule has 0 fully saturated rings. The van der Waals surface area contributed by atoms with Crippen LogP contribution in [-0.2, 0) is 17.9 Å². The van der Waals surface area contributed by atoms with Crippen molar-refractivity contribution in [3.8, 4) is 17.1 Å². The molecule has 0 saturated carbocycles. The maximum Gasteiger partial charge on any atom is 0.236 e. The van der Waals surface area contributed by atoms with Crippen LogP contribution in [0, 0.1) is 0 Å². The second-order valence-corrected chi connectivity index (χ2v) is 9.14. The summed E-state index contributed by atoms with van der Waals surface area (Å²) >= 11 is 1.30. The van der Waals surface area contributed by atoms with Gasteiger partial charge in [-0.05, 0) is 42.3 Å². The number of nitrogens with zero attached hydrogens (tertiary/aromatic N) is 4. The Labute approximate surface area is 203 Å². The van der Waals surface area contributed by atoms with Crippen LogP contribution in [0.15, 0.2) is 90.1 Å². The number of amides is 1. The van der Waals surface area contributed by atoms with E-state index < -0.39 is 5.25 Å². The lowest BCUT2D eigenvalue weighted by Gasteiger charge is -2.26. The van der Waals surface area contributed by atoms with Crippen LogP contribution in [0.3, 0.4) is 0 Å². The highest BCUT2D eigenvalue weighted by Crippen LogP contribution is 2.27. The molecule has 1 amide bonds. The summed E-state index contributed by atoms with van der Waals surface area (Å²) in [6.07, 6.45) is 0. The summed E-state index contributed by atoms with van der Waals surface area (Å²) in [6.45, 7) is 2.91. The van der Waals surface area contributed by atoms with Gasteiger partial charge in [-0.25, -0.2) is 4.68 Å². The van der Waals surface area contributed by atoms with Gasteiger partial charge in [0.25, 0.3) is 0 Å². The van der Waals surface area contributed by atoms with Gasteiger partial charge in [-0.2, -0.15) is 0 Å². The first-order valence-electron chi connectivity index (χ1n) is 10.9. The normalized spacial score (nSPS) is 11.7. The van der Waals surface area contributed by atoms with E-state index in [1.807, 2.05) is 96.8 Å². The summed E-state index contributed by atoms with van der Waals surface area (Å²) < 4.78 is 6.63. The number of methoxy groups -OCH3 is 1. The predicted octanol–water partition coefficient (Wildman–Crippen LogP) is 4.38. The van der Waals surface area contributed by atoms with E-state index in [1.165, 1.54) is 16.4 Å². The Bertz CT molecular complexity index is 1170. The summed E-state index contributed by atoms with van der Waals surface area (Å²) in [7, 11) is 1.62. The van der Waals surface area contributed by atoms with Crippen LogP contribution in [0.5, 0.6) is 5.75 Å². The van der Waals surface area contributed by atoms with Crippen LogP contribution >= 0.6 is 11.8 Å². The minimum absolute atomic E-state index is 0.00621. The zero-order valence-electron chi connectivity index (χ0n) is 19.2. The number of carbonyl (C=O) groups excluding carboxylic acids is 1. The highest BCUT2D eigenvalue weighted by atomic mass is 32.2. The molecular formula is C26H27N5O2S. The lowest BCUT2D eigenvalue weighted by molar-refractivity contribution is -0.131. The molecule has 4 rings (SSSR count). The van der Waals surface area contributed by atoms with E-state index in [4.69, 9.17) is 10.6 Å². The fourth-order valence-electron chi connectivity index (χ4n) is 3.58. The number of nitrogens with two attached hydrogens (primary N) is 1. The van der Waals surface area contributed by atoms with Gasteiger partial charge < -0.3 is 15.5 Å². The molecular weight excluding hydrogens is 446 g/mol. The molecule has 0 bridgehead atoms. The first-order chi connectivity index (χ1) is 16.5. The Kier molecular flexibility index (Phi) is 7.49. The van der Waals surface area contributed by atoms with Gasteiger partial charge in [0.05, 0.1) is 12.4 Å². The van der Waals surface area contributed by atoms with Crippen LogP contribution in [0.4, 0.5) is 0 Å². The van der Waals surface area contributed by atoms with E-state index in [-0.39, 0.29) is 5.91 Å². The van der Waals surface area contributed by atoms with Gasteiger partial charge in [-0.3, -0.25) is 4.79 Å². The van der Waals surface area contributed by atoms with E-state index in [9.17, 15) is 4.79 Å². The van der Waals surface area contributed by atoms with Crippen molar-refractivity contribution in [1.29, 1.82) is 0 Å². The second kappa shape index (κ2) is 10.9. The second-order valence-electron chi connectivity index (χ2n) is 7.83. The molecule has 1 heterocycles. The smallest absolute Gasteiger partial charge is 0.236 e. The monoisotopic (exact) mass is 473 g/mol. The summed E-state index contributed by atoms with van der Waals surface area (Å²) in [4.78, 5) is 15.4. The van der Waals surface area contributed by atoms with Crippen LogP contribution in [0.1, 0.15) is 18.1 Å². The van der Waals surface area contributed by atoms with Crippen LogP contribution in [0.2, 0.25) is 0 Å². The predicted molar refractivity (Wildman–Crippen MR) is 135 cm³/mol. The van der Waals surface area contributed by atoms with Crippen molar-refractivity contribution in [3.05, 3.63) is 96.1 Å². The maximum absolute atomic E-state index is 13.5. The first kappa shape index (κ1) is 23.4. The summed E-state index contributed by atoms with van der Waals surface area (Å²) in [5.74, 6) is 7.57. The Morgan fingerprint density at radius 3 is 2.03 bits per heavy atom. The molecule has 0 aliphatic heterocycles. The number of thioether (sulfide) groups is 1. The topological polar surface area (TPSA) is 86.3 Å². The van der Waals surface area contributed by atoms with Gasteiger partial charge in [-0.15, -0.1) is 10.2 Å². The largest absolute Gasteiger partial charge is 0.497 e.